The summed E-state index contributed by atoms with van der Waals surface area (Å²) < 4.78 is 0. The zero-order chi connectivity index (χ0) is 23.4. The number of anilines is 2. The molecule has 6 heteroatoms. The van der Waals surface area contributed by atoms with E-state index >= 15 is 0 Å². The Morgan fingerprint density at radius 1 is 0.939 bits per heavy atom. The van der Waals surface area contributed by atoms with Gasteiger partial charge in [0.25, 0.3) is 5.91 Å². The van der Waals surface area contributed by atoms with Crippen LogP contribution in [0.15, 0.2) is 72.8 Å². The molecule has 1 heterocycles. The Hall–Kier alpha value is -3.93. The SMILES string of the molecule is Cc1ccc(CNC(=O)[C@H]2CC(=O)N(c3cccc(C(=O)Nc4ccc(C)cc4)c3)C2)cc1. The number of carbonyl (C=O) groups is 3. The van der Waals surface area contributed by atoms with Crippen molar-refractivity contribution in [3.63, 3.8) is 0 Å². The second-order valence-electron chi connectivity index (χ2n) is 8.48. The summed E-state index contributed by atoms with van der Waals surface area (Å²) in [5.41, 5.74) is 5.07. The molecular formula is C27H27N3O3. The Kier molecular flexibility index (Phi) is 6.54. The Balaban J connectivity index is 1.39. The first kappa shape index (κ1) is 22.3. The van der Waals surface area contributed by atoms with E-state index in [1.165, 1.54) is 0 Å². The molecule has 3 aromatic rings. The molecule has 0 radical (unpaired) electrons. The molecule has 3 amide bonds. The second-order valence-corrected chi connectivity index (χ2v) is 8.48. The third kappa shape index (κ3) is 5.47. The number of amides is 3. The number of nitrogens with one attached hydrogen (secondary N) is 2. The van der Waals surface area contributed by atoms with Gasteiger partial charge < -0.3 is 15.5 Å². The van der Waals surface area contributed by atoms with E-state index in [9.17, 15) is 14.4 Å². The van der Waals surface area contributed by atoms with Crippen molar-refractivity contribution < 1.29 is 14.4 Å². The Morgan fingerprint density at radius 3 is 2.30 bits per heavy atom. The highest BCUT2D eigenvalue weighted by molar-refractivity contribution is 6.06. The molecule has 1 aliphatic rings. The number of hydrogen-bond acceptors (Lipinski definition) is 3. The van der Waals surface area contributed by atoms with Crippen LogP contribution < -0.4 is 15.5 Å². The molecule has 0 aliphatic carbocycles. The largest absolute Gasteiger partial charge is 0.352 e. The summed E-state index contributed by atoms with van der Waals surface area (Å²) in [7, 11) is 0. The highest BCUT2D eigenvalue weighted by Gasteiger charge is 2.35. The van der Waals surface area contributed by atoms with Gasteiger partial charge in [0.2, 0.25) is 11.8 Å². The third-order valence-corrected chi connectivity index (χ3v) is 5.81. The van der Waals surface area contributed by atoms with Gasteiger partial charge in [-0.05, 0) is 49.7 Å². The minimum atomic E-state index is -0.423. The maximum absolute atomic E-state index is 12.7. The molecule has 1 fully saturated rings. The van der Waals surface area contributed by atoms with E-state index < -0.39 is 5.92 Å². The minimum absolute atomic E-state index is 0.124. The van der Waals surface area contributed by atoms with Crippen LogP contribution in [0.25, 0.3) is 0 Å². The van der Waals surface area contributed by atoms with Gasteiger partial charge in [-0.2, -0.15) is 0 Å². The lowest BCUT2D eigenvalue weighted by Gasteiger charge is -2.18. The minimum Gasteiger partial charge on any atom is -0.352 e. The van der Waals surface area contributed by atoms with E-state index in [2.05, 4.69) is 10.6 Å². The Bertz CT molecular complexity index is 1170. The van der Waals surface area contributed by atoms with E-state index in [-0.39, 0.29) is 24.1 Å². The molecule has 6 nitrogen and oxygen atoms in total. The number of rotatable bonds is 6. The summed E-state index contributed by atoms with van der Waals surface area (Å²) in [6, 6.07) is 22.5. The lowest BCUT2D eigenvalue weighted by Crippen LogP contribution is -2.32. The van der Waals surface area contributed by atoms with Crippen molar-refractivity contribution in [3.05, 3.63) is 95.1 Å². The van der Waals surface area contributed by atoms with E-state index in [1.807, 2.05) is 62.4 Å². The van der Waals surface area contributed by atoms with E-state index in [4.69, 9.17) is 0 Å². The average Bonchev–Trinajstić information content (AvgIpc) is 3.22. The number of hydrogen-bond donors (Lipinski definition) is 2. The molecule has 0 bridgehead atoms. The molecule has 1 aliphatic heterocycles. The zero-order valence-corrected chi connectivity index (χ0v) is 18.8. The van der Waals surface area contributed by atoms with Crippen molar-refractivity contribution in [2.24, 2.45) is 5.92 Å². The van der Waals surface area contributed by atoms with Gasteiger partial charge in [-0.25, -0.2) is 0 Å². The van der Waals surface area contributed by atoms with Gasteiger partial charge in [-0.3, -0.25) is 14.4 Å². The highest BCUT2D eigenvalue weighted by Crippen LogP contribution is 2.26. The second kappa shape index (κ2) is 9.69. The van der Waals surface area contributed by atoms with Crippen LogP contribution in [0.4, 0.5) is 11.4 Å². The van der Waals surface area contributed by atoms with E-state index in [0.717, 1.165) is 16.7 Å². The fraction of sp³-hybridized carbons (Fsp3) is 0.222. The first-order valence-corrected chi connectivity index (χ1v) is 11.0. The van der Waals surface area contributed by atoms with Crippen LogP contribution >= 0.6 is 0 Å². The van der Waals surface area contributed by atoms with Crippen LogP contribution in [0.1, 0.15) is 33.5 Å². The van der Waals surface area contributed by atoms with Crippen LogP contribution in [0.3, 0.4) is 0 Å². The molecule has 2 N–H and O–H groups in total. The standard InChI is InChI=1S/C27H27N3O3/c1-18-6-10-20(11-7-18)16-28-26(32)22-15-25(31)30(17-22)24-5-3-4-21(14-24)27(33)29-23-12-8-19(2)9-13-23/h3-14,22H,15-17H2,1-2H3,(H,28,32)(H,29,33)/t22-/m0/s1. The van der Waals surface area contributed by atoms with Crippen LogP contribution in [-0.4, -0.2) is 24.3 Å². The molecule has 0 spiro atoms. The normalized spacial score (nSPS) is 15.4. The van der Waals surface area contributed by atoms with Crippen LogP contribution in [0.2, 0.25) is 0 Å². The van der Waals surface area contributed by atoms with Gasteiger partial charge in [-0.15, -0.1) is 0 Å². The third-order valence-electron chi connectivity index (χ3n) is 5.81. The number of carbonyl (C=O) groups excluding carboxylic acids is 3. The van der Waals surface area contributed by atoms with Crippen molar-refractivity contribution in [1.82, 2.24) is 5.32 Å². The molecule has 168 valence electrons. The number of benzene rings is 3. The van der Waals surface area contributed by atoms with Crippen molar-refractivity contribution in [2.75, 3.05) is 16.8 Å². The van der Waals surface area contributed by atoms with E-state index in [0.29, 0.717) is 30.0 Å². The zero-order valence-electron chi connectivity index (χ0n) is 18.8. The molecular weight excluding hydrogens is 414 g/mol. The summed E-state index contributed by atoms with van der Waals surface area (Å²) in [6.07, 6.45) is 0.152. The van der Waals surface area contributed by atoms with Crippen LogP contribution in [0, 0.1) is 19.8 Å². The molecule has 1 atom stereocenters. The fourth-order valence-electron chi connectivity index (χ4n) is 3.83. The summed E-state index contributed by atoms with van der Waals surface area (Å²) >= 11 is 0. The quantitative estimate of drug-likeness (QED) is 0.601. The van der Waals surface area contributed by atoms with Crippen LogP contribution in [-0.2, 0) is 16.1 Å². The average molecular weight is 442 g/mol. The first-order valence-electron chi connectivity index (χ1n) is 11.0. The van der Waals surface area contributed by atoms with Gasteiger partial charge in [0.1, 0.15) is 0 Å². The van der Waals surface area contributed by atoms with Gasteiger partial charge >= 0.3 is 0 Å². The molecule has 0 unspecified atom stereocenters. The summed E-state index contributed by atoms with van der Waals surface area (Å²) in [5, 5.41) is 5.80. The molecule has 0 saturated carbocycles. The van der Waals surface area contributed by atoms with Crippen LogP contribution in [0.5, 0.6) is 0 Å². The molecule has 1 saturated heterocycles. The Morgan fingerprint density at radius 2 is 1.61 bits per heavy atom. The fourth-order valence-corrected chi connectivity index (χ4v) is 3.83. The number of nitrogens with zero attached hydrogens (tertiary/aromatic N) is 1. The monoisotopic (exact) mass is 441 g/mol. The maximum atomic E-state index is 12.7. The van der Waals surface area contributed by atoms with E-state index in [1.54, 1.807) is 29.2 Å². The summed E-state index contributed by atoms with van der Waals surface area (Å²) in [4.78, 5) is 39.6. The lowest BCUT2D eigenvalue weighted by atomic mass is 10.1. The predicted molar refractivity (Wildman–Crippen MR) is 129 cm³/mol. The van der Waals surface area contributed by atoms with Crippen molar-refractivity contribution in [2.45, 2.75) is 26.8 Å². The number of aryl methyl sites for hydroxylation is 2. The summed E-state index contributed by atoms with van der Waals surface area (Å²) in [6.45, 7) is 4.72. The Labute approximate surface area is 193 Å². The molecule has 4 rings (SSSR count). The van der Waals surface area contributed by atoms with Crippen molar-refractivity contribution >= 4 is 29.1 Å². The summed E-state index contributed by atoms with van der Waals surface area (Å²) in [5.74, 6) is -0.936. The molecule has 33 heavy (non-hydrogen) atoms. The van der Waals surface area contributed by atoms with Gasteiger partial charge in [0, 0.05) is 36.4 Å². The van der Waals surface area contributed by atoms with Gasteiger partial charge in [-0.1, -0.05) is 53.6 Å². The van der Waals surface area contributed by atoms with Crippen molar-refractivity contribution in [1.29, 1.82) is 0 Å². The topological polar surface area (TPSA) is 78.5 Å². The predicted octanol–water partition coefficient (Wildman–Crippen LogP) is 4.23. The first-order chi connectivity index (χ1) is 15.9. The van der Waals surface area contributed by atoms with Crippen molar-refractivity contribution in [3.8, 4) is 0 Å². The van der Waals surface area contributed by atoms with Gasteiger partial charge in [0.05, 0.1) is 5.92 Å². The van der Waals surface area contributed by atoms with Gasteiger partial charge in [0.15, 0.2) is 0 Å². The smallest absolute Gasteiger partial charge is 0.255 e. The lowest BCUT2D eigenvalue weighted by molar-refractivity contribution is -0.126. The molecule has 0 aromatic heterocycles. The highest BCUT2D eigenvalue weighted by atomic mass is 16.2. The molecule has 3 aromatic carbocycles. The maximum Gasteiger partial charge on any atom is 0.255 e.